The number of hydrogen-bond donors (Lipinski definition) is 1. The molecule has 0 saturated carbocycles. The molecule has 31 heavy (non-hydrogen) atoms. The highest BCUT2D eigenvalue weighted by Crippen LogP contribution is 2.35. The van der Waals surface area contributed by atoms with Crippen LogP contribution in [0.1, 0.15) is 27.8 Å². The first-order chi connectivity index (χ1) is 14.8. The smallest absolute Gasteiger partial charge is 0.282 e. The van der Waals surface area contributed by atoms with Gasteiger partial charge in [0.15, 0.2) is 0 Å². The van der Waals surface area contributed by atoms with Crippen molar-refractivity contribution in [1.29, 1.82) is 0 Å². The van der Waals surface area contributed by atoms with Gasteiger partial charge in [-0.15, -0.1) is 0 Å². The lowest BCUT2D eigenvalue weighted by atomic mass is 10.0. The standard InChI is InChI=1S/C26H23ClN2O2/c1-15-5-12-22(18(4)13-15)29-25(30)23(19-7-9-20(27)10-8-19)24(26(29)31)28-21-11-6-16(2)17(3)14-21/h5-14,28H,1-4H3. The number of halogens is 1. The molecule has 156 valence electrons. The summed E-state index contributed by atoms with van der Waals surface area (Å²) in [6.07, 6.45) is 0. The Bertz CT molecular complexity index is 1240. The Morgan fingerprint density at radius 3 is 2.10 bits per heavy atom. The van der Waals surface area contributed by atoms with Crippen molar-refractivity contribution in [2.75, 3.05) is 10.2 Å². The molecule has 0 fully saturated rings. The highest BCUT2D eigenvalue weighted by Gasteiger charge is 2.40. The quantitative estimate of drug-likeness (QED) is 0.518. The number of anilines is 2. The van der Waals surface area contributed by atoms with Crippen molar-refractivity contribution >= 4 is 40.4 Å². The number of rotatable bonds is 4. The Hall–Kier alpha value is -3.37. The summed E-state index contributed by atoms with van der Waals surface area (Å²) < 4.78 is 0. The summed E-state index contributed by atoms with van der Waals surface area (Å²) in [6.45, 7) is 7.93. The van der Waals surface area contributed by atoms with E-state index in [0.29, 0.717) is 21.8 Å². The average Bonchev–Trinajstić information content (AvgIpc) is 2.96. The fourth-order valence-electron chi connectivity index (χ4n) is 3.77. The van der Waals surface area contributed by atoms with Crippen LogP contribution >= 0.6 is 11.6 Å². The summed E-state index contributed by atoms with van der Waals surface area (Å²) in [6, 6.07) is 18.5. The second-order valence-electron chi connectivity index (χ2n) is 7.92. The van der Waals surface area contributed by atoms with Crippen LogP contribution in [0, 0.1) is 27.7 Å². The lowest BCUT2D eigenvalue weighted by Gasteiger charge is -2.18. The Balaban J connectivity index is 1.84. The molecule has 3 aromatic rings. The molecule has 0 spiro atoms. The third-order valence-electron chi connectivity index (χ3n) is 5.59. The van der Waals surface area contributed by atoms with Crippen molar-refractivity contribution in [3.05, 3.63) is 99.2 Å². The molecule has 0 aromatic heterocycles. The molecule has 4 nitrogen and oxygen atoms in total. The van der Waals surface area contributed by atoms with Crippen LogP contribution in [0.5, 0.6) is 0 Å². The number of carbonyl (C=O) groups is 2. The number of imide groups is 1. The van der Waals surface area contributed by atoms with Gasteiger partial charge in [-0.25, -0.2) is 4.90 Å². The van der Waals surface area contributed by atoms with Gasteiger partial charge in [0.25, 0.3) is 11.8 Å². The summed E-state index contributed by atoms with van der Waals surface area (Å²) in [5.41, 5.74) is 6.77. The highest BCUT2D eigenvalue weighted by atomic mass is 35.5. The van der Waals surface area contributed by atoms with E-state index in [0.717, 1.165) is 27.9 Å². The zero-order valence-electron chi connectivity index (χ0n) is 17.9. The lowest BCUT2D eigenvalue weighted by molar-refractivity contribution is -0.120. The fourth-order valence-corrected chi connectivity index (χ4v) is 3.89. The van der Waals surface area contributed by atoms with E-state index < -0.39 is 0 Å². The Kier molecular flexibility index (Phi) is 5.42. The van der Waals surface area contributed by atoms with Gasteiger partial charge >= 0.3 is 0 Å². The molecule has 1 aliphatic rings. The van der Waals surface area contributed by atoms with E-state index in [2.05, 4.69) is 5.32 Å². The predicted octanol–water partition coefficient (Wildman–Crippen LogP) is 5.97. The van der Waals surface area contributed by atoms with E-state index in [-0.39, 0.29) is 17.5 Å². The fraction of sp³-hybridized carbons (Fsp3) is 0.154. The van der Waals surface area contributed by atoms with Crippen LogP contribution in [-0.2, 0) is 9.59 Å². The van der Waals surface area contributed by atoms with Gasteiger partial charge in [0.2, 0.25) is 0 Å². The third-order valence-corrected chi connectivity index (χ3v) is 5.84. The highest BCUT2D eigenvalue weighted by molar-refractivity contribution is 6.46. The van der Waals surface area contributed by atoms with Gasteiger partial charge in [0.1, 0.15) is 5.70 Å². The number of carbonyl (C=O) groups excluding carboxylic acids is 2. The van der Waals surface area contributed by atoms with Crippen LogP contribution in [0.4, 0.5) is 11.4 Å². The SMILES string of the molecule is Cc1ccc(N2C(=O)C(Nc3ccc(C)c(C)c3)=C(c3ccc(Cl)cc3)C2=O)c(C)c1. The predicted molar refractivity (Wildman–Crippen MR) is 126 cm³/mol. The zero-order valence-corrected chi connectivity index (χ0v) is 18.7. The molecule has 2 amide bonds. The molecule has 0 atom stereocenters. The molecule has 0 unspecified atom stereocenters. The summed E-state index contributed by atoms with van der Waals surface area (Å²) in [7, 11) is 0. The maximum Gasteiger partial charge on any atom is 0.282 e. The maximum atomic E-state index is 13.5. The third kappa shape index (κ3) is 3.87. The molecule has 0 radical (unpaired) electrons. The molecule has 1 heterocycles. The first-order valence-electron chi connectivity index (χ1n) is 10.1. The Labute approximate surface area is 187 Å². The van der Waals surface area contributed by atoms with E-state index in [1.807, 2.05) is 64.1 Å². The van der Waals surface area contributed by atoms with Gasteiger partial charge in [-0.05, 0) is 80.3 Å². The maximum absolute atomic E-state index is 13.5. The van der Waals surface area contributed by atoms with Crippen molar-refractivity contribution in [2.45, 2.75) is 27.7 Å². The first kappa shape index (κ1) is 20.9. The minimum atomic E-state index is -0.375. The van der Waals surface area contributed by atoms with Crippen LogP contribution in [0.3, 0.4) is 0 Å². The van der Waals surface area contributed by atoms with Crippen molar-refractivity contribution in [3.63, 3.8) is 0 Å². The number of aryl methyl sites for hydroxylation is 4. The molecular weight excluding hydrogens is 408 g/mol. The van der Waals surface area contributed by atoms with Gasteiger partial charge < -0.3 is 5.32 Å². The minimum absolute atomic E-state index is 0.260. The zero-order chi connectivity index (χ0) is 22.3. The number of hydrogen-bond acceptors (Lipinski definition) is 3. The van der Waals surface area contributed by atoms with Gasteiger partial charge in [0, 0.05) is 10.7 Å². The topological polar surface area (TPSA) is 49.4 Å². The molecule has 0 bridgehead atoms. The molecule has 1 N–H and O–H groups in total. The number of nitrogens with one attached hydrogen (secondary N) is 1. The van der Waals surface area contributed by atoms with Gasteiger partial charge in [-0.2, -0.15) is 0 Å². The van der Waals surface area contributed by atoms with Gasteiger partial charge in [0.05, 0.1) is 11.3 Å². The van der Waals surface area contributed by atoms with Gasteiger partial charge in [-0.3, -0.25) is 9.59 Å². The summed E-state index contributed by atoms with van der Waals surface area (Å²) >= 11 is 6.05. The molecule has 0 aliphatic carbocycles. The molecule has 5 heteroatoms. The largest absolute Gasteiger partial charge is 0.350 e. The van der Waals surface area contributed by atoms with Crippen molar-refractivity contribution in [1.82, 2.24) is 0 Å². The van der Waals surface area contributed by atoms with Crippen LogP contribution < -0.4 is 10.2 Å². The Morgan fingerprint density at radius 1 is 0.742 bits per heavy atom. The van der Waals surface area contributed by atoms with E-state index >= 15 is 0 Å². The molecule has 1 aliphatic heterocycles. The number of benzene rings is 3. The van der Waals surface area contributed by atoms with Crippen LogP contribution in [0.15, 0.2) is 66.4 Å². The average molecular weight is 431 g/mol. The normalized spacial score (nSPS) is 13.9. The van der Waals surface area contributed by atoms with E-state index in [1.165, 1.54) is 4.90 Å². The second-order valence-corrected chi connectivity index (χ2v) is 8.35. The molecular formula is C26H23ClN2O2. The second kappa shape index (κ2) is 8.05. The van der Waals surface area contributed by atoms with Crippen molar-refractivity contribution < 1.29 is 9.59 Å². The summed E-state index contributed by atoms with van der Waals surface area (Å²) in [5, 5.41) is 3.78. The summed E-state index contributed by atoms with van der Waals surface area (Å²) in [4.78, 5) is 28.3. The monoisotopic (exact) mass is 430 g/mol. The van der Waals surface area contributed by atoms with Crippen LogP contribution in [0.25, 0.3) is 5.57 Å². The van der Waals surface area contributed by atoms with Crippen molar-refractivity contribution in [3.8, 4) is 0 Å². The Morgan fingerprint density at radius 2 is 1.45 bits per heavy atom. The van der Waals surface area contributed by atoms with Crippen LogP contribution in [0.2, 0.25) is 5.02 Å². The molecule has 4 rings (SSSR count). The van der Waals surface area contributed by atoms with E-state index in [1.54, 1.807) is 24.3 Å². The lowest BCUT2D eigenvalue weighted by Crippen LogP contribution is -2.33. The van der Waals surface area contributed by atoms with Crippen LogP contribution in [-0.4, -0.2) is 11.8 Å². The van der Waals surface area contributed by atoms with E-state index in [4.69, 9.17) is 11.6 Å². The molecule has 3 aromatic carbocycles. The number of amides is 2. The van der Waals surface area contributed by atoms with Gasteiger partial charge in [-0.1, -0.05) is 47.5 Å². The minimum Gasteiger partial charge on any atom is -0.350 e. The molecule has 0 saturated heterocycles. The summed E-state index contributed by atoms with van der Waals surface area (Å²) in [5.74, 6) is -0.731. The number of nitrogens with zero attached hydrogens (tertiary/aromatic N) is 1. The van der Waals surface area contributed by atoms with Crippen molar-refractivity contribution in [2.24, 2.45) is 0 Å². The van der Waals surface area contributed by atoms with E-state index in [9.17, 15) is 9.59 Å². The first-order valence-corrected chi connectivity index (χ1v) is 10.4.